The van der Waals surface area contributed by atoms with Crippen molar-refractivity contribution in [1.82, 2.24) is 20.1 Å². The maximum atomic E-state index is 13.1. The maximum Gasteiger partial charge on any atom is 0.410 e. The molecule has 0 aliphatic carbocycles. The lowest BCUT2D eigenvalue weighted by atomic mass is 9.82. The van der Waals surface area contributed by atoms with Crippen molar-refractivity contribution < 1.29 is 18.7 Å². The number of hydrogen-bond acceptors (Lipinski definition) is 6. The Morgan fingerprint density at radius 3 is 2.60 bits per heavy atom. The summed E-state index contributed by atoms with van der Waals surface area (Å²) in [5, 5.41) is 3.24. The number of ether oxygens (including phenoxy) is 1. The second-order valence-corrected chi connectivity index (χ2v) is 8.89. The lowest BCUT2D eigenvalue weighted by molar-refractivity contribution is 0.0463. The highest BCUT2D eigenvalue weighted by Crippen LogP contribution is 2.35. The number of rotatable bonds is 3. The Balaban J connectivity index is 1.39. The second-order valence-electron chi connectivity index (χ2n) is 8.89. The third kappa shape index (κ3) is 3.14. The van der Waals surface area contributed by atoms with Crippen LogP contribution < -0.4 is 5.32 Å². The van der Waals surface area contributed by atoms with Gasteiger partial charge in [-0.25, -0.2) is 9.78 Å². The van der Waals surface area contributed by atoms with Crippen molar-refractivity contribution in [3.05, 3.63) is 29.7 Å². The molecule has 1 N–H and O–H groups in total. The van der Waals surface area contributed by atoms with Crippen LogP contribution in [-0.2, 0) is 4.74 Å². The summed E-state index contributed by atoms with van der Waals surface area (Å²) in [4.78, 5) is 33.6. The summed E-state index contributed by atoms with van der Waals surface area (Å²) in [6, 6.07) is 6.25. The average Bonchev–Trinajstić information content (AvgIpc) is 3.22. The molecule has 4 heterocycles. The first-order chi connectivity index (χ1) is 14.4. The first kappa shape index (κ1) is 19.4. The van der Waals surface area contributed by atoms with E-state index in [2.05, 4.69) is 22.2 Å². The molecule has 2 aromatic rings. The van der Waals surface area contributed by atoms with Crippen LogP contribution in [0, 0.1) is 0 Å². The van der Waals surface area contributed by atoms with E-state index in [0.717, 1.165) is 12.8 Å². The summed E-state index contributed by atoms with van der Waals surface area (Å²) in [5.41, 5.74) is 1.57. The molecule has 2 amide bonds. The number of aromatic nitrogens is 1. The number of carbonyl (C=O) groups excluding carboxylic acids is 2. The zero-order valence-corrected chi connectivity index (χ0v) is 17.6. The summed E-state index contributed by atoms with van der Waals surface area (Å²) < 4.78 is 11.2. The Bertz CT molecular complexity index is 975. The minimum atomic E-state index is -0.408. The summed E-state index contributed by atoms with van der Waals surface area (Å²) in [5.74, 6) is 0.271. The molecular weight excluding hydrogens is 384 g/mol. The van der Waals surface area contributed by atoms with Crippen LogP contribution in [-0.4, -0.2) is 65.1 Å². The van der Waals surface area contributed by atoms with Crippen molar-refractivity contribution in [2.45, 2.75) is 69.3 Å². The highest BCUT2D eigenvalue weighted by molar-refractivity contribution is 6.04. The lowest BCUT2D eigenvalue weighted by Crippen LogP contribution is -2.55. The van der Waals surface area contributed by atoms with Gasteiger partial charge in [-0.15, -0.1) is 0 Å². The molecule has 3 fully saturated rings. The molecular formula is C22H28N4O4. The normalized spacial score (nSPS) is 31.8. The van der Waals surface area contributed by atoms with Crippen LogP contribution in [0.15, 0.2) is 22.6 Å². The van der Waals surface area contributed by atoms with Gasteiger partial charge in [0.15, 0.2) is 5.58 Å². The number of amides is 2. The Labute approximate surface area is 175 Å². The monoisotopic (exact) mass is 412 g/mol. The Morgan fingerprint density at radius 2 is 1.93 bits per heavy atom. The van der Waals surface area contributed by atoms with Gasteiger partial charge in [0.25, 0.3) is 5.91 Å². The number of oxazole rings is 1. The van der Waals surface area contributed by atoms with Crippen LogP contribution in [0.2, 0.25) is 0 Å². The number of para-hydroxylation sites is 1. The summed E-state index contributed by atoms with van der Waals surface area (Å²) in [6.07, 6.45) is 4.89. The Kier molecular flexibility index (Phi) is 4.69. The van der Waals surface area contributed by atoms with Gasteiger partial charge >= 0.3 is 6.09 Å². The standard InChI is InChI=1S/C22H28N4O4/c1-12-19(26(3)22(28)29-12)21-24-18-16(8-5-9-17(18)30-21)20(27)23-13-10-14-6-4-7-15(11-13)25(14)2/h5,8-9,12-15,19H,4,6-7,10-11H2,1-3H3,(H,23,27)/t12-,13?,14?,15?,19+/m1/s1. The van der Waals surface area contributed by atoms with Crippen LogP contribution in [0.5, 0.6) is 0 Å². The smallest absolute Gasteiger partial charge is 0.410 e. The van der Waals surface area contributed by atoms with Crippen molar-refractivity contribution in [2.75, 3.05) is 14.1 Å². The predicted molar refractivity (Wildman–Crippen MR) is 110 cm³/mol. The van der Waals surface area contributed by atoms with Gasteiger partial charge in [0.05, 0.1) is 5.56 Å². The highest BCUT2D eigenvalue weighted by atomic mass is 16.6. The number of piperidine rings is 2. The van der Waals surface area contributed by atoms with Crippen LogP contribution in [0.1, 0.15) is 61.3 Å². The Hall–Kier alpha value is -2.61. The number of nitrogens with one attached hydrogen (secondary N) is 1. The molecule has 4 atom stereocenters. The number of cyclic esters (lactones) is 1. The zero-order chi connectivity index (χ0) is 21.0. The zero-order valence-electron chi connectivity index (χ0n) is 17.6. The third-order valence-electron chi connectivity index (χ3n) is 7.04. The van der Waals surface area contributed by atoms with Crippen molar-refractivity contribution in [3.63, 3.8) is 0 Å². The molecule has 0 saturated carbocycles. The van der Waals surface area contributed by atoms with Gasteiger partial charge < -0.3 is 19.4 Å². The fourth-order valence-electron chi connectivity index (χ4n) is 5.37. The van der Waals surface area contributed by atoms with Gasteiger partial charge in [-0.2, -0.15) is 0 Å². The van der Waals surface area contributed by atoms with E-state index in [1.54, 1.807) is 25.2 Å². The number of carbonyl (C=O) groups is 2. The molecule has 1 aromatic heterocycles. The van der Waals surface area contributed by atoms with Gasteiger partial charge in [0, 0.05) is 25.2 Å². The van der Waals surface area contributed by atoms with E-state index in [4.69, 9.17) is 9.15 Å². The molecule has 3 aliphatic rings. The fraction of sp³-hybridized carbons (Fsp3) is 0.591. The van der Waals surface area contributed by atoms with E-state index in [1.165, 1.54) is 24.2 Å². The number of hydrogen-bond donors (Lipinski definition) is 1. The fourth-order valence-corrected chi connectivity index (χ4v) is 5.37. The molecule has 0 spiro atoms. The van der Waals surface area contributed by atoms with Crippen LogP contribution in [0.4, 0.5) is 4.79 Å². The van der Waals surface area contributed by atoms with Crippen molar-refractivity contribution in [3.8, 4) is 0 Å². The minimum Gasteiger partial charge on any atom is -0.444 e. The average molecular weight is 412 g/mol. The van der Waals surface area contributed by atoms with E-state index in [9.17, 15) is 9.59 Å². The van der Waals surface area contributed by atoms with E-state index >= 15 is 0 Å². The van der Waals surface area contributed by atoms with Crippen LogP contribution in [0.3, 0.4) is 0 Å². The Morgan fingerprint density at radius 1 is 1.20 bits per heavy atom. The summed E-state index contributed by atoms with van der Waals surface area (Å²) in [6.45, 7) is 1.81. The van der Waals surface area contributed by atoms with Gasteiger partial charge in [0.2, 0.25) is 5.89 Å². The topological polar surface area (TPSA) is 87.9 Å². The second kappa shape index (κ2) is 7.27. The van der Waals surface area contributed by atoms with Crippen molar-refractivity contribution in [2.24, 2.45) is 0 Å². The quantitative estimate of drug-likeness (QED) is 0.834. The molecule has 0 radical (unpaired) electrons. The number of fused-ring (bicyclic) bond motifs is 3. The van der Waals surface area contributed by atoms with E-state index in [-0.39, 0.29) is 18.1 Å². The molecule has 2 bridgehead atoms. The molecule has 30 heavy (non-hydrogen) atoms. The number of nitrogens with zero attached hydrogens (tertiary/aromatic N) is 3. The summed E-state index contributed by atoms with van der Waals surface area (Å²) >= 11 is 0. The maximum absolute atomic E-state index is 13.1. The first-order valence-electron chi connectivity index (χ1n) is 10.8. The van der Waals surface area contributed by atoms with Gasteiger partial charge in [0.1, 0.15) is 17.7 Å². The molecule has 8 nitrogen and oxygen atoms in total. The van der Waals surface area contributed by atoms with Crippen molar-refractivity contribution >= 4 is 23.1 Å². The molecule has 3 aliphatic heterocycles. The third-order valence-corrected chi connectivity index (χ3v) is 7.04. The molecule has 5 rings (SSSR count). The van der Waals surface area contributed by atoms with E-state index < -0.39 is 12.1 Å². The number of likely N-dealkylation sites (N-methyl/N-ethyl adjacent to an activating group) is 1. The summed E-state index contributed by atoms with van der Waals surface area (Å²) in [7, 11) is 3.87. The number of benzene rings is 1. The molecule has 1 aromatic carbocycles. The minimum absolute atomic E-state index is 0.117. The van der Waals surface area contributed by atoms with E-state index in [1.807, 2.05) is 6.92 Å². The van der Waals surface area contributed by atoms with Crippen LogP contribution in [0.25, 0.3) is 11.1 Å². The van der Waals surface area contributed by atoms with Crippen molar-refractivity contribution in [1.29, 1.82) is 0 Å². The highest BCUT2D eigenvalue weighted by Gasteiger charge is 2.41. The molecule has 8 heteroatoms. The molecule has 2 unspecified atom stereocenters. The molecule has 3 saturated heterocycles. The predicted octanol–water partition coefficient (Wildman–Crippen LogP) is 3.08. The van der Waals surface area contributed by atoms with Crippen LogP contribution >= 0.6 is 0 Å². The van der Waals surface area contributed by atoms with E-state index in [0.29, 0.717) is 34.6 Å². The van der Waals surface area contributed by atoms with Gasteiger partial charge in [-0.05, 0) is 51.8 Å². The first-order valence-corrected chi connectivity index (χ1v) is 10.8. The van der Waals surface area contributed by atoms with Gasteiger partial charge in [-0.1, -0.05) is 12.5 Å². The lowest BCUT2D eigenvalue weighted by Gasteiger charge is -2.47. The molecule has 160 valence electrons. The SMILES string of the molecule is C[C@H]1OC(=O)N(C)[C@@H]1c1nc2c(C(=O)NC3CC4CCCC(C3)N4C)cccc2o1. The van der Waals surface area contributed by atoms with Gasteiger partial charge in [-0.3, -0.25) is 9.69 Å². The largest absolute Gasteiger partial charge is 0.444 e.